The summed E-state index contributed by atoms with van der Waals surface area (Å²) < 4.78 is 40.2. The molecule has 0 spiro atoms. The molecule has 0 bridgehead atoms. The Balaban J connectivity index is 1.22. The van der Waals surface area contributed by atoms with E-state index >= 15 is 0 Å². The second-order valence-corrected chi connectivity index (χ2v) is 12.7. The number of nitrogens with one attached hydrogen (secondary N) is 4. The summed E-state index contributed by atoms with van der Waals surface area (Å²) in [7, 11) is -3.44. The van der Waals surface area contributed by atoms with E-state index in [1.165, 1.54) is 12.1 Å². The monoisotopic (exact) mass is 631 g/mol. The van der Waals surface area contributed by atoms with E-state index in [9.17, 15) is 17.6 Å². The van der Waals surface area contributed by atoms with Gasteiger partial charge in [-0.25, -0.2) is 22.5 Å². The summed E-state index contributed by atoms with van der Waals surface area (Å²) in [6.07, 6.45) is 6.07. The van der Waals surface area contributed by atoms with Gasteiger partial charge in [-0.1, -0.05) is 30.3 Å². The quantitative estimate of drug-likeness (QED) is 0.155. The molecule has 0 atom stereocenters. The summed E-state index contributed by atoms with van der Waals surface area (Å²) in [5, 5.41) is 12.0. The maximum atomic E-state index is 14.6. The molecular formula is C34H26FN7O3S. The molecule has 0 aliphatic carbocycles. The minimum Gasteiger partial charge on any atom is -0.353 e. The summed E-state index contributed by atoms with van der Waals surface area (Å²) in [5.41, 5.74) is 7.31. The van der Waals surface area contributed by atoms with Gasteiger partial charge in [0.2, 0.25) is 10.0 Å². The van der Waals surface area contributed by atoms with Crippen LogP contribution in [0.1, 0.15) is 15.9 Å². The molecular weight excluding hydrogens is 605 g/mol. The molecule has 4 heterocycles. The van der Waals surface area contributed by atoms with Crippen LogP contribution in [0.2, 0.25) is 0 Å². The molecule has 0 aliphatic rings. The number of rotatable bonds is 8. The number of H-pyrrole nitrogens is 2. The summed E-state index contributed by atoms with van der Waals surface area (Å²) in [6.45, 7) is -0.0234. The van der Waals surface area contributed by atoms with Crippen LogP contribution in [-0.2, 0) is 16.6 Å². The smallest absolute Gasteiger partial charge is 0.255 e. The van der Waals surface area contributed by atoms with Gasteiger partial charge in [0.25, 0.3) is 5.91 Å². The van der Waals surface area contributed by atoms with Gasteiger partial charge in [-0.3, -0.25) is 14.9 Å². The zero-order valence-electron chi connectivity index (χ0n) is 24.4. The average Bonchev–Trinajstić information content (AvgIpc) is 3.68. The Morgan fingerprint density at radius 3 is 2.52 bits per heavy atom. The lowest BCUT2D eigenvalue weighted by Gasteiger charge is -2.08. The van der Waals surface area contributed by atoms with Crippen molar-refractivity contribution in [2.24, 2.45) is 0 Å². The Morgan fingerprint density at radius 2 is 1.70 bits per heavy atom. The van der Waals surface area contributed by atoms with Gasteiger partial charge < -0.3 is 10.3 Å². The Morgan fingerprint density at radius 1 is 0.870 bits per heavy atom. The number of pyridine rings is 2. The third-order valence-electron chi connectivity index (χ3n) is 7.51. The molecule has 10 nitrogen and oxygen atoms in total. The Labute approximate surface area is 262 Å². The highest BCUT2D eigenvalue weighted by molar-refractivity contribution is 7.88. The number of sulfonamides is 1. The molecule has 3 aromatic carbocycles. The van der Waals surface area contributed by atoms with Gasteiger partial charge in [0, 0.05) is 51.9 Å². The SMILES string of the molecule is CS(=O)(=O)NCc1cc(F)cc(-c2cccc3[nH]c(-c4n[nH]c5ncc(-c6cncc(NC(=O)c7ccccc7)c6)cc45)cc23)c1. The first-order valence-corrected chi connectivity index (χ1v) is 16.1. The number of anilines is 1. The third kappa shape index (κ3) is 5.99. The number of fused-ring (bicyclic) bond motifs is 2. The Bertz CT molecular complexity index is 2370. The molecule has 0 aliphatic heterocycles. The summed E-state index contributed by atoms with van der Waals surface area (Å²) in [6, 6.07) is 24.9. The van der Waals surface area contributed by atoms with Crippen molar-refractivity contribution in [2.45, 2.75) is 6.54 Å². The van der Waals surface area contributed by atoms with E-state index < -0.39 is 15.8 Å². The number of amides is 1. The second kappa shape index (κ2) is 11.7. The van der Waals surface area contributed by atoms with Crippen LogP contribution in [0.3, 0.4) is 0 Å². The fraction of sp³-hybridized carbons (Fsp3) is 0.0588. The van der Waals surface area contributed by atoms with E-state index in [0.29, 0.717) is 33.7 Å². The highest BCUT2D eigenvalue weighted by atomic mass is 32.2. The van der Waals surface area contributed by atoms with Gasteiger partial charge in [-0.15, -0.1) is 0 Å². The summed E-state index contributed by atoms with van der Waals surface area (Å²) in [4.78, 5) is 25.0. The molecule has 1 amide bonds. The number of halogens is 1. The predicted octanol–water partition coefficient (Wildman–Crippen LogP) is 6.28. The average molecular weight is 632 g/mol. The number of carbonyl (C=O) groups excluding carboxylic acids is 1. The molecule has 4 N–H and O–H groups in total. The van der Waals surface area contributed by atoms with Crippen LogP contribution in [-0.4, -0.2) is 45.7 Å². The normalized spacial score (nSPS) is 11.7. The van der Waals surface area contributed by atoms with E-state index in [-0.39, 0.29) is 12.5 Å². The first kappa shape index (κ1) is 29.0. The summed E-state index contributed by atoms with van der Waals surface area (Å²) >= 11 is 0. The van der Waals surface area contributed by atoms with Crippen LogP contribution in [0.5, 0.6) is 0 Å². The van der Waals surface area contributed by atoms with Crippen molar-refractivity contribution in [2.75, 3.05) is 11.6 Å². The van der Waals surface area contributed by atoms with Crippen LogP contribution < -0.4 is 10.0 Å². The molecule has 7 aromatic rings. The van der Waals surface area contributed by atoms with Crippen molar-refractivity contribution in [3.63, 3.8) is 0 Å². The van der Waals surface area contributed by atoms with Crippen molar-refractivity contribution in [1.29, 1.82) is 0 Å². The van der Waals surface area contributed by atoms with Crippen LogP contribution >= 0.6 is 0 Å². The predicted molar refractivity (Wildman–Crippen MR) is 176 cm³/mol. The molecule has 228 valence electrons. The van der Waals surface area contributed by atoms with Gasteiger partial charge in [0.1, 0.15) is 11.5 Å². The van der Waals surface area contributed by atoms with E-state index in [1.807, 2.05) is 42.5 Å². The first-order chi connectivity index (χ1) is 22.2. The number of nitrogens with zero attached hydrogens (tertiary/aromatic N) is 3. The molecule has 0 saturated heterocycles. The Hall–Kier alpha value is -5.72. The maximum Gasteiger partial charge on any atom is 0.255 e. The zero-order chi connectivity index (χ0) is 31.8. The van der Waals surface area contributed by atoms with Crippen LogP contribution in [0.25, 0.3) is 55.6 Å². The molecule has 0 unspecified atom stereocenters. The number of aromatic amines is 2. The number of aromatic nitrogens is 5. The lowest BCUT2D eigenvalue weighted by molar-refractivity contribution is 0.102. The molecule has 46 heavy (non-hydrogen) atoms. The van der Waals surface area contributed by atoms with Gasteiger partial charge in [-0.05, 0) is 71.3 Å². The van der Waals surface area contributed by atoms with Gasteiger partial charge >= 0.3 is 0 Å². The lowest BCUT2D eigenvalue weighted by atomic mass is 9.99. The fourth-order valence-electron chi connectivity index (χ4n) is 5.38. The zero-order valence-corrected chi connectivity index (χ0v) is 25.2. The minimum absolute atomic E-state index is 0.0234. The number of carbonyl (C=O) groups is 1. The Kier molecular flexibility index (Phi) is 7.35. The molecule has 4 aromatic heterocycles. The minimum atomic E-state index is -3.44. The van der Waals surface area contributed by atoms with E-state index in [1.54, 1.807) is 48.9 Å². The lowest BCUT2D eigenvalue weighted by Crippen LogP contribution is -2.21. The number of benzene rings is 3. The molecule has 0 radical (unpaired) electrons. The van der Waals surface area contributed by atoms with Gasteiger partial charge in [0.05, 0.1) is 23.8 Å². The molecule has 12 heteroatoms. The first-order valence-electron chi connectivity index (χ1n) is 14.2. The molecule has 0 saturated carbocycles. The summed E-state index contributed by atoms with van der Waals surface area (Å²) in [5.74, 6) is -0.700. The van der Waals surface area contributed by atoms with E-state index in [2.05, 4.69) is 35.2 Å². The highest BCUT2D eigenvalue weighted by Gasteiger charge is 2.16. The number of hydrogen-bond donors (Lipinski definition) is 4. The molecule has 7 rings (SSSR count). The number of hydrogen-bond acceptors (Lipinski definition) is 6. The van der Waals surface area contributed by atoms with Crippen molar-refractivity contribution < 1.29 is 17.6 Å². The van der Waals surface area contributed by atoms with Crippen LogP contribution in [0.15, 0.2) is 104 Å². The maximum absolute atomic E-state index is 14.6. The topological polar surface area (TPSA) is 146 Å². The largest absolute Gasteiger partial charge is 0.353 e. The standard InChI is InChI=1S/C34H26FN7O3S/c1-46(44,45)38-16-20-10-22(12-25(35)11-20)27-8-5-9-30-28(27)15-31(40-30)32-29-14-24(18-37-33(29)42-41-32)23-13-26(19-36-17-23)39-34(43)21-6-3-2-4-7-21/h2-15,17-19,38,40H,16H2,1H3,(H,39,43)(H,37,41,42). The third-order valence-corrected chi connectivity index (χ3v) is 8.18. The van der Waals surface area contributed by atoms with Crippen molar-refractivity contribution in [1.82, 2.24) is 29.9 Å². The fourth-order valence-corrected chi connectivity index (χ4v) is 5.81. The van der Waals surface area contributed by atoms with E-state index in [4.69, 9.17) is 0 Å². The van der Waals surface area contributed by atoms with E-state index in [0.717, 1.165) is 44.9 Å². The van der Waals surface area contributed by atoms with Gasteiger partial charge in [-0.2, -0.15) is 5.10 Å². The second-order valence-electron chi connectivity index (χ2n) is 10.9. The highest BCUT2D eigenvalue weighted by Crippen LogP contribution is 2.35. The van der Waals surface area contributed by atoms with Crippen LogP contribution in [0.4, 0.5) is 10.1 Å². The van der Waals surface area contributed by atoms with Crippen LogP contribution in [0, 0.1) is 5.82 Å². The van der Waals surface area contributed by atoms with Gasteiger partial charge in [0.15, 0.2) is 5.65 Å². The molecule has 0 fully saturated rings. The van der Waals surface area contributed by atoms with Crippen molar-refractivity contribution >= 4 is 43.6 Å². The van der Waals surface area contributed by atoms with Crippen molar-refractivity contribution in [3.05, 3.63) is 120 Å². The van der Waals surface area contributed by atoms with Crippen molar-refractivity contribution in [3.8, 4) is 33.6 Å².